The van der Waals surface area contributed by atoms with Crippen LogP contribution in [-0.2, 0) is 16.0 Å². The number of nitrogens with one attached hydrogen (secondary N) is 1. The van der Waals surface area contributed by atoms with Crippen LogP contribution in [0.15, 0.2) is 95.0 Å². The summed E-state index contributed by atoms with van der Waals surface area (Å²) in [5.41, 5.74) is 2.91. The molecule has 172 valence electrons. The number of imide groups is 2. The van der Waals surface area contributed by atoms with Gasteiger partial charge in [-0.3, -0.25) is 14.9 Å². The number of hydrogen-bond acceptors (Lipinski definition) is 3. The van der Waals surface area contributed by atoms with Crippen molar-refractivity contribution < 1.29 is 14.4 Å². The molecule has 1 saturated heterocycles. The molecule has 1 N–H and O–H groups in total. The van der Waals surface area contributed by atoms with E-state index in [0.717, 1.165) is 36.8 Å². The molecule has 5 nitrogen and oxygen atoms in total. The quantitative estimate of drug-likeness (QED) is 0.235. The van der Waals surface area contributed by atoms with Crippen LogP contribution in [0.1, 0.15) is 16.7 Å². The van der Waals surface area contributed by atoms with Crippen LogP contribution in [0.25, 0.3) is 16.8 Å². The molecule has 0 bridgehead atoms. The maximum atomic E-state index is 13.4. The number of hydrogen-bond donors (Lipinski definition) is 1. The van der Waals surface area contributed by atoms with Crippen LogP contribution in [0, 0.1) is 0 Å². The molecule has 0 aliphatic carbocycles. The van der Waals surface area contributed by atoms with Crippen molar-refractivity contribution in [2.45, 2.75) is 6.42 Å². The van der Waals surface area contributed by atoms with Crippen molar-refractivity contribution in [2.24, 2.45) is 0 Å². The maximum Gasteiger partial charge on any atom is 0.335 e. The van der Waals surface area contributed by atoms with E-state index in [2.05, 4.69) is 21.2 Å². The first-order chi connectivity index (χ1) is 16.9. The SMILES string of the molecule is O=C1NC(=O)N(c2cccc(Cl)c2)C(=O)/C1=C/c1c(Cc2ccccc2Br)ccc2ccccc12. The molecule has 0 aromatic heterocycles. The first-order valence-corrected chi connectivity index (χ1v) is 12.0. The van der Waals surface area contributed by atoms with Crippen molar-refractivity contribution in [2.75, 3.05) is 4.90 Å². The predicted octanol–water partition coefficient (Wildman–Crippen LogP) is 6.51. The molecule has 0 atom stereocenters. The third-order valence-corrected chi connectivity index (χ3v) is 6.87. The average Bonchev–Trinajstić information content (AvgIpc) is 2.84. The molecule has 4 aromatic rings. The number of nitrogens with zero attached hydrogens (tertiary/aromatic N) is 1. The normalized spacial score (nSPS) is 15.1. The Hall–Kier alpha value is -3.74. The summed E-state index contributed by atoms with van der Waals surface area (Å²) < 4.78 is 0.968. The molecule has 1 heterocycles. The van der Waals surface area contributed by atoms with E-state index in [1.54, 1.807) is 24.3 Å². The van der Waals surface area contributed by atoms with Gasteiger partial charge >= 0.3 is 6.03 Å². The number of barbiturate groups is 1. The minimum Gasteiger partial charge on any atom is -0.273 e. The zero-order chi connectivity index (χ0) is 24.5. The standard InChI is InChI=1S/C28H18BrClN2O3/c29-25-11-4-2-7-19(25)14-18-13-12-17-6-1-3-10-22(17)23(18)16-24-26(33)31-28(35)32(27(24)34)21-9-5-8-20(30)15-21/h1-13,15-16H,14H2,(H,31,33,35)/b24-16+. The lowest BCUT2D eigenvalue weighted by Crippen LogP contribution is -2.54. The van der Waals surface area contributed by atoms with Crippen LogP contribution in [0.3, 0.4) is 0 Å². The summed E-state index contributed by atoms with van der Waals surface area (Å²) >= 11 is 9.68. The smallest absolute Gasteiger partial charge is 0.273 e. The highest BCUT2D eigenvalue weighted by molar-refractivity contribution is 9.10. The second kappa shape index (κ2) is 9.49. The Morgan fingerprint density at radius 3 is 2.43 bits per heavy atom. The highest BCUT2D eigenvalue weighted by Crippen LogP contribution is 2.30. The lowest BCUT2D eigenvalue weighted by atomic mass is 9.92. The van der Waals surface area contributed by atoms with E-state index >= 15 is 0 Å². The van der Waals surface area contributed by atoms with Crippen LogP contribution in [-0.4, -0.2) is 17.8 Å². The summed E-state index contributed by atoms with van der Waals surface area (Å²) in [6.45, 7) is 0. The molecule has 7 heteroatoms. The number of carbonyl (C=O) groups excluding carboxylic acids is 3. The Morgan fingerprint density at radius 2 is 1.63 bits per heavy atom. The van der Waals surface area contributed by atoms with Gasteiger partial charge in [-0.1, -0.05) is 88.2 Å². The van der Waals surface area contributed by atoms with Crippen molar-refractivity contribution >= 4 is 67.9 Å². The molecule has 0 radical (unpaired) electrons. The van der Waals surface area contributed by atoms with Crippen molar-refractivity contribution in [1.82, 2.24) is 5.32 Å². The first kappa shape index (κ1) is 23.0. The highest BCUT2D eigenvalue weighted by atomic mass is 79.9. The number of rotatable bonds is 4. The highest BCUT2D eigenvalue weighted by Gasteiger charge is 2.37. The maximum absolute atomic E-state index is 13.4. The third-order valence-electron chi connectivity index (χ3n) is 5.86. The van der Waals surface area contributed by atoms with Gasteiger partial charge in [-0.15, -0.1) is 0 Å². The number of anilines is 1. The monoisotopic (exact) mass is 544 g/mol. The van der Waals surface area contributed by atoms with Gasteiger partial charge in [0.05, 0.1) is 5.69 Å². The number of fused-ring (bicyclic) bond motifs is 1. The molecule has 5 rings (SSSR count). The van der Waals surface area contributed by atoms with Gasteiger partial charge in [0.1, 0.15) is 5.57 Å². The van der Waals surface area contributed by atoms with E-state index in [9.17, 15) is 14.4 Å². The molecule has 0 spiro atoms. The lowest BCUT2D eigenvalue weighted by Gasteiger charge is -2.26. The van der Waals surface area contributed by atoms with E-state index in [0.29, 0.717) is 11.4 Å². The molecule has 1 aliphatic rings. The van der Waals surface area contributed by atoms with E-state index < -0.39 is 17.8 Å². The van der Waals surface area contributed by atoms with Gasteiger partial charge in [0, 0.05) is 9.50 Å². The Balaban J connectivity index is 1.66. The molecule has 0 saturated carbocycles. The first-order valence-electron chi connectivity index (χ1n) is 10.8. The number of amides is 4. The zero-order valence-corrected chi connectivity index (χ0v) is 20.6. The fraction of sp³-hybridized carbons (Fsp3) is 0.0357. The number of halogens is 2. The number of urea groups is 1. The van der Waals surface area contributed by atoms with Crippen molar-refractivity contribution in [3.8, 4) is 0 Å². The minimum atomic E-state index is -0.814. The summed E-state index contributed by atoms with van der Waals surface area (Å²) in [5.74, 6) is -1.45. The van der Waals surface area contributed by atoms with Gasteiger partial charge in [0.2, 0.25) is 0 Å². The molecular formula is C28H18BrClN2O3. The van der Waals surface area contributed by atoms with Gasteiger partial charge in [0.25, 0.3) is 11.8 Å². The topological polar surface area (TPSA) is 66.5 Å². The summed E-state index contributed by atoms with van der Waals surface area (Å²) in [4.78, 5) is 39.8. The lowest BCUT2D eigenvalue weighted by molar-refractivity contribution is -0.122. The van der Waals surface area contributed by atoms with Crippen LogP contribution < -0.4 is 10.2 Å². The fourth-order valence-electron chi connectivity index (χ4n) is 4.16. The Morgan fingerprint density at radius 1 is 0.857 bits per heavy atom. The average molecular weight is 546 g/mol. The van der Waals surface area contributed by atoms with Crippen molar-refractivity contribution in [3.05, 3.63) is 117 Å². The summed E-state index contributed by atoms with van der Waals surface area (Å²) in [7, 11) is 0. The second-order valence-corrected chi connectivity index (χ2v) is 9.36. The fourth-order valence-corrected chi connectivity index (χ4v) is 4.77. The van der Waals surface area contributed by atoms with E-state index in [-0.39, 0.29) is 11.3 Å². The van der Waals surface area contributed by atoms with Crippen molar-refractivity contribution in [3.63, 3.8) is 0 Å². The Kier molecular flexibility index (Phi) is 6.24. The Labute approximate surface area is 215 Å². The van der Waals surface area contributed by atoms with E-state index in [1.807, 2.05) is 60.7 Å². The number of carbonyl (C=O) groups is 3. The summed E-state index contributed by atoms with van der Waals surface area (Å²) in [6, 6.07) is 25.3. The van der Waals surface area contributed by atoms with Gasteiger partial charge < -0.3 is 0 Å². The van der Waals surface area contributed by atoms with Gasteiger partial charge in [-0.2, -0.15) is 0 Å². The Bertz CT molecular complexity index is 1550. The molecule has 1 aliphatic heterocycles. The third kappa shape index (κ3) is 4.50. The largest absolute Gasteiger partial charge is 0.335 e. The molecule has 4 amide bonds. The molecule has 35 heavy (non-hydrogen) atoms. The van der Waals surface area contributed by atoms with Crippen LogP contribution in [0.2, 0.25) is 5.02 Å². The van der Waals surface area contributed by atoms with E-state index in [4.69, 9.17) is 11.6 Å². The molecular weight excluding hydrogens is 528 g/mol. The van der Waals surface area contributed by atoms with Crippen LogP contribution in [0.4, 0.5) is 10.5 Å². The second-order valence-electron chi connectivity index (χ2n) is 8.07. The minimum absolute atomic E-state index is 0.130. The van der Waals surface area contributed by atoms with Gasteiger partial charge in [-0.25, -0.2) is 9.69 Å². The zero-order valence-electron chi connectivity index (χ0n) is 18.3. The van der Waals surface area contributed by atoms with Crippen LogP contribution >= 0.6 is 27.5 Å². The molecule has 4 aromatic carbocycles. The van der Waals surface area contributed by atoms with Gasteiger partial charge in [-0.05, 0) is 64.2 Å². The summed E-state index contributed by atoms with van der Waals surface area (Å²) in [6.07, 6.45) is 2.16. The van der Waals surface area contributed by atoms with Crippen LogP contribution in [0.5, 0.6) is 0 Å². The predicted molar refractivity (Wildman–Crippen MR) is 141 cm³/mol. The van der Waals surface area contributed by atoms with E-state index in [1.165, 1.54) is 6.07 Å². The van der Waals surface area contributed by atoms with Crippen molar-refractivity contribution in [1.29, 1.82) is 0 Å². The van der Waals surface area contributed by atoms with Gasteiger partial charge in [0.15, 0.2) is 0 Å². The number of benzene rings is 4. The molecule has 0 unspecified atom stereocenters. The summed E-state index contributed by atoms with van der Waals surface area (Å²) in [5, 5.41) is 4.53. The molecule has 1 fully saturated rings.